The first-order chi connectivity index (χ1) is 9.58. The third-order valence-corrected chi connectivity index (χ3v) is 3.50. The summed E-state index contributed by atoms with van der Waals surface area (Å²) in [4.78, 5) is 21.0. The van der Waals surface area contributed by atoms with E-state index >= 15 is 0 Å². The van der Waals surface area contributed by atoms with Crippen molar-refractivity contribution in [1.29, 1.82) is 0 Å². The van der Waals surface area contributed by atoms with Gasteiger partial charge in [0.25, 0.3) is 5.56 Å². The zero-order chi connectivity index (χ0) is 14.3. The van der Waals surface area contributed by atoms with Gasteiger partial charge in [-0.05, 0) is 37.3 Å². The first kappa shape index (κ1) is 13.1. The Morgan fingerprint density at radius 2 is 2.00 bits per heavy atom. The number of pyridine rings is 1. The molecule has 0 saturated carbocycles. The second kappa shape index (κ2) is 4.89. The van der Waals surface area contributed by atoms with E-state index in [-0.39, 0.29) is 5.56 Å². The van der Waals surface area contributed by atoms with Crippen LogP contribution >= 0.6 is 23.2 Å². The first-order valence-electron chi connectivity index (χ1n) is 5.88. The number of hydrogen-bond donors (Lipinski definition) is 0. The maximum Gasteiger partial charge on any atom is 0.267 e. The van der Waals surface area contributed by atoms with Crippen molar-refractivity contribution in [1.82, 2.24) is 14.5 Å². The van der Waals surface area contributed by atoms with Crippen molar-refractivity contribution in [2.75, 3.05) is 0 Å². The molecule has 100 valence electrons. The SMILES string of the molecule is Cc1nc2ncccc2c(=O)n1-c1ccc(Cl)cc1Cl. The van der Waals surface area contributed by atoms with Crippen LogP contribution in [0.15, 0.2) is 41.3 Å². The molecule has 0 bridgehead atoms. The molecule has 0 N–H and O–H groups in total. The third-order valence-electron chi connectivity index (χ3n) is 2.96. The van der Waals surface area contributed by atoms with E-state index < -0.39 is 0 Å². The second-order valence-electron chi connectivity index (χ2n) is 4.27. The summed E-state index contributed by atoms with van der Waals surface area (Å²) in [6, 6.07) is 8.37. The monoisotopic (exact) mass is 305 g/mol. The zero-order valence-corrected chi connectivity index (χ0v) is 12.0. The predicted octanol–water partition coefficient (Wildman–Crippen LogP) is 3.40. The standard InChI is InChI=1S/C14H9Cl2N3O/c1-8-18-13-10(3-2-6-17-13)14(20)19(8)12-5-4-9(15)7-11(12)16/h2-7H,1H3. The van der Waals surface area contributed by atoms with Crippen molar-refractivity contribution >= 4 is 34.2 Å². The number of benzene rings is 1. The van der Waals surface area contributed by atoms with Crippen LogP contribution in [0.25, 0.3) is 16.7 Å². The number of hydrogen-bond acceptors (Lipinski definition) is 3. The molecule has 3 rings (SSSR count). The van der Waals surface area contributed by atoms with Crippen LogP contribution in [-0.2, 0) is 0 Å². The highest BCUT2D eigenvalue weighted by Crippen LogP contribution is 2.24. The molecule has 2 aromatic heterocycles. The van der Waals surface area contributed by atoms with E-state index in [9.17, 15) is 4.79 Å². The minimum atomic E-state index is -0.204. The quantitative estimate of drug-likeness (QED) is 0.692. The van der Waals surface area contributed by atoms with Gasteiger partial charge in [0.2, 0.25) is 0 Å². The summed E-state index contributed by atoms with van der Waals surface area (Å²) in [5.41, 5.74) is 0.776. The number of aromatic nitrogens is 3. The lowest BCUT2D eigenvalue weighted by Gasteiger charge is -2.12. The molecule has 20 heavy (non-hydrogen) atoms. The fourth-order valence-corrected chi connectivity index (χ4v) is 2.56. The highest BCUT2D eigenvalue weighted by molar-refractivity contribution is 6.35. The van der Waals surface area contributed by atoms with Crippen LogP contribution in [0.2, 0.25) is 10.0 Å². The number of rotatable bonds is 1. The van der Waals surface area contributed by atoms with Gasteiger partial charge < -0.3 is 0 Å². The van der Waals surface area contributed by atoms with E-state index in [1.54, 1.807) is 43.5 Å². The van der Waals surface area contributed by atoms with Crippen molar-refractivity contribution in [2.24, 2.45) is 0 Å². The highest BCUT2D eigenvalue weighted by atomic mass is 35.5. The molecule has 0 saturated heterocycles. The Kier molecular flexibility index (Phi) is 3.20. The van der Waals surface area contributed by atoms with Gasteiger partial charge in [0, 0.05) is 11.2 Å². The normalized spacial score (nSPS) is 10.9. The van der Waals surface area contributed by atoms with Gasteiger partial charge in [0.1, 0.15) is 5.82 Å². The lowest BCUT2D eigenvalue weighted by molar-refractivity contribution is 0.889. The van der Waals surface area contributed by atoms with Gasteiger partial charge in [-0.25, -0.2) is 9.97 Å². The molecule has 0 spiro atoms. The molecule has 0 aliphatic heterocycles. The molecular formula is C14H9Cl2N3O. The molecule has 3 aromatic rings. The predicted molar refractivity (Wildman–Crippen MR) is 79.9 cm³/mol. The van der Waals surface area contributed by atoms with Crippen LogP contribution in [-0.4, -0.2) is 14.5 Å². The summed E-state index contributed by atoms with van der Waals surface area (Å²) in [6.45, 7) is 1.74. The second-order valence-corrected chi connectivity index (χ2v) is 5.11. The van der Waals surface area contributed by atoms with E-state index in [1.807, 2.05) is 0 Å². The minimum absolute atomic E-state index is 0.204. The van der Waals surface area contributed by atoms with Gasteiger partial charge >= 0.3 is 0 Å². The maximum absolute atomic E-state index is 12.6. The zero-order valence-electron chi connectivity index (χ0n) is 10.5. The van der Waals surface area contributed by atoms with Crippen molar-refractivity contribution < 1.29 is 0 Å². The largest absolute Gasteiger partial charge is 0.268 e. The van der Waals surface area contributed by atoms with Gasteiger partial charge in [0.15, 0.2) is 5.65 Å². The smallest absolute Gasteiger partial charge is 0.267 e. The van der Waals surface area contributed by atoms with E-state index in [2.05, 4.69) is 9.97 Å². The van der Waals surface area contributed by atoms with Gasteiger partial charge in [-0.2, -0.15) is 0 Å². The molecule has 0 fully saturated rings. The summed E-state index contributed by atoms with van der Waals surface area (Å²) in [5, 5.41) is 1.36. The Hall–Kier alpha value is -1.91. The van der Waals surface area contributed by atoms with Gasteiger partial charge in [-0.1, -0.05) is 23.2 Å². The summed E-state index contributed by atoms with van der Waals surface area (Å²) in [6.07, 6.45) is 1.60. The molecule has 0 unspecified atom stereocenters. The van der Waals surface area contributed by atoms with Crippen LogP contribution in [0.1, 0.15) is 5.82 Å². The summed E-state index contributed by atoms with van der Waals surface area (Å²) in [7, 11) is 0. The van der Waals surface area contributed by atoms with Gasteiger partial charge in [0.05, 0.1) is 16.1 Å². The van der Waals surface area contributed by atoms with Crippen molar-refractivity contribution in [3.05, 3.63) is 62.8 Å². The van der Waals surface area contributed by atoms with Crippen molar-refractivity contribution in [3.63, 3.8) is 0 Å². The first-order valence-corrected chi connectivity index (χ1v) is 6.63. The lowest BCUT2D eigenvalue weighted by atomic mass is 10.2. The van der Waals surface area contributed by atoms with E-state index in [0.29, 0.717) is 32.6 Å². The molecule has 2 heterocycles. The van der Waals surface area contributed by atoms with Crippen LogP contribution < -0.4 is 5.56 Å². The molecule has 1 aromatic carbocycles. The van der Waals surface area contributed by atoms with Gasteiger partial charge in [-0.3, -0.25) is 9.36 Å². The summed E-state index contributed by atoms with van der Waals surface area (Å²) < 4.78 is 1.46. The van der Waals surface area contributed by atoms with Crippen LogP contribution in [0.3, 0.4) is 0 Å². The minimum Gasteiger partial charge on any atom is -0.268 e. The Balaban J connectivity index is 2.39. The molecule has 4 nitrogen and oxygen atoms in total. The number of halogens is 2. The molecule has 0 radical (unpaired) electrons. The molecule has 0 atom stereocenters. The van der Waals surface area contributed by atoms with Crippen LogP contribution in [0.4, 0.5) is 0 Å². The Labute approximate surface area is 124 Å². The van der Waals surface area contributed by atoms with E-state index in [4.69, 9.17) is 23.2 Å². The van der Waals surface area contributed by atoms with E-state index in [1.165, 1.54) is 4.57 Å². The topological polar surface area (TPSA) is 47.8 Å². The van der Waals surface area contributed by atoms with Crippen LogP contribution in [0.5, 0.6) is 0 Å². The van der Waals surface area contributed by atoms with Crippen LogP contribution in [0, 0.1) is 6.92 Å². The Bertz CT molecular complexity index is 874. The fraction of sp³-hybridized carbons (Fsp3) is 0.0714. The average molecular weight is 306 g/mol. The molecule has 6 heteroatoms. The molecule has 0 aliphatic rings. The molecule has 0 amide bonds. The van der Waals surface area contributed by atoms with E-state index in [0.717, 1.165) is 0 Å². The van der Waals surface area contributed by atoms with Gasteiger partial charge in [-0.15, -0.1) is 0 Å². The summed E-state index contributed by atoms with van der Waals surface area (Å²) >= 11 is 12.1. The van der Waals surface area contributed by atoms with Crippen molar-refractivity contribution in [2.45, 2.75) is 6.92 Å². The Morgan fingerprint density at radius 3 is 2.75 bits per heavy atom. The average Bonchev–Trinajstić information content (AvgIpc) is 2.41. The summed E-state index contributed by atoms with van der Waals surface area (Å²) in [5.74, 6) is 0.519. The fourth-order valence-electron chi connectivity index (χ4n) is 2.07. The maximum atomic E-state index is 12.6. The third kappa shape index (κ3) is 2.07. The lowest BCUT2D eigenvalue weighted by Crippen LogP contribution is -2.22. The number of fused-ring (bicyclic) bond motifs is 1. The molecular weight excluding hydrogens is 297 g/mol. The number of nitrogens with zero attached hydrogens (tertiary/aromatic N) is 3. The van der Waals surface area contributed by atoms with Crippen molar-refractivity contribution in [3.8, 4) is 5.69 Å². The molecule has 0 aliphatic carbocycles. The number of aryl methyl sites for hydroxylation is 1. The highest BCUT2D eigenvalue weighted by Gasteiger charge is 2.12. The Morgan fingerprint density at radius 1 is 1.20 bits per heavy atom.